The van der Waals surface area contributed by atoms with E-state index in [9.17, 15) is 9.59 Å². The molecule has 1 spiro atoms. The van der Waals surface area contributed by atoms with E-state index >= 15 is 0 Å². The SMILES string of the molecule is Cl.O=C1CCc2cc(C(=O)N(Cc3ccsc3)C3CC34CCNCC4)ccc2N1. The Balaban J connectivity index is 0.00000205. The highest BCUT2D eigenvalue weighted by Gasteiger charge is 2.57. The average molecular weight is 432 g/mol. The van der Waals surface area contributed by atoms with Gasteiger partial charge in [0.1, 0.15) is 0 Å². The molecule has 1 saturated heterocycles. The van der Waals surface area contributed by atoms with E-state index in [4.69, 9.17) is 0 Å². The summed E-state index contributed by atoms with van der Waals surface area (Å²) in [5.41, 5.74) is 4.16. The van der Waals surface area contributed by atoms with E-state index in [2.05, 4.69) is 32.4 Å². The maximum Gasteiger partial charge on any atom is 0.254 e. The first-order valence-electron chi connectivity index (χ1n) is 10.1. The summed E-state index contributed by atoms with van der Waals surface area (Å²) in [6.45, 7) is 2.78. The van der Waals surface area contributed by atoms with Crippen molar-refractivity contribution >= 4 is 41.2 Å². The van der Waals surface area contributed by atoms with Gasteiger partial charge in [-0.1, -0.05) is 0 Å². The largest absolute Gasteiger partial charge is 0.331 e. The van der Waals surface area contributed by atoms with Gasteiger partial charge in [0.2, 0.25) is 5.91 Å². The molecule has 1 unspecified atom stereocenters. The Morgan fingerprint density at radius 1 is 1.21 bits per heavy atom. The van der Waals surface area contributed by atoms with Crippen LogP contribution in [0, 0.1) is 5.41 Å². The lowest BCUT2D eigenvalue weighted by Gasteiger charge is -2.30. The monoisotopic (exact) mass is 431 g/mol. The van der Waals surface area contributed by atoms with Gasteiger partial charge in [-0.15, -0.1) is 12.4 Å². The van der Waals surface area contributed by atoms with Gasteiger partial charge in [0.15, 0.2) is 0 Å². The van der Waals surface area contributed by atoms with Crippen LogP contribution >= 0.6 is 23.7 Å². The second-order valence-corrected chi connectivity index (χ2v) is 9.10. The number of piperidine rings is 1. The van der Waals surface area contributed by atoms with Crippen LogP contribution in [-0.4, -0.2) is 35.8 Å². The Hall–Kier alpha value is -1.89. The minimum atomic E-state index is 0. The van der Waals surface area contributed by atoms with Crippen molar-refractivity contribution < 1.29 is 9.59 Å². The molecule has 1 aromatic carbocycles. The number of amides is 2. The van der Waals surface area contributed by atoms with Gasteiger partial charge in [-0.2, -0.15) is 11.3 Å². The normalized spacial score (nSPS) is 21.7. The van der Waals surface area contributed by atoms with Gasteiger partial charge in [-0.25, -0.2) is 0 Å². The molecule has 0 radical (unpaired) electrons. The molecule has 2 aromatic rings. The molecule has 1 aliphatic carbocycles. The Bertz CT molecular complexity index is 909. The van der Waals surface area contributed by atoms with Crippen LogP contribution in [0.5, 0.6) is 0 Å². The van der Waals surface area contributed by atoms with Crippen LogP contribution in [0.3, 0.4) is 0 Å². The van der Waals surface area contributed by atoms with Gasteiger partial charge in [-0.05, 0) is 90.3 Å². The first kappa shape index (κ1) is 20.4. The molecule has 29 heavy (non-hydrogen) atoms. The molecule has 5 nitrogen and oxygen atoms in total. The molecule has 154 valence electrons. The van der Waals surface area contributed by atoms with Gasteiger partial charge in [-0.3, -0.25) is 9.59 Å². The van der Waals surface area contributed by atoms with Crippen molar-refractivity contribution in [2.24, 2.45) is 5.41 Å². The number of nitrogens with zero attached hydrogens (tertiary/aromatic N) is 1. The van der Waals surface area contributed by atoms with E-state index in [1.165, 1.54) is 5.56 Å². The van der Waals surface area contributed by atoms with Crippen molar-refractivity contribution in [3.8, 4) is 0 Å². The van der Waals surface area contributed by atoms with Crippen molar-refractivity contribution in [1.29, 1.82) is 0 Å². The topological polar surface area (TPSA) is 61.4 Å². The van der Waals surface area contributed by atoms with Crippen LogP contribution in [0.1, 0.15) is 47.2 Å². The highest BCUT2D eigenvalue weighted by molar-refractivity contribution is 7.07. The highest BCUT2D eigenvalue weighted by Crippen LogP contribution is 2.56. The predicted octanol–water partition coefficient (Wildman–Crippen LogP) is 3.84. The lowest BCUT2D eigenvalue weighted by atomic mass is 9.93. The third kappa shape index (κ3) is 3.93. The summed E-state index contributed by atoms with van der Waals surface area (Å²) >= 11 is 1.68. The lowest BCUT2D eigenvalue weighted by Crippen LogP contribution is -2.39. The number of halogens is 1. The minimum Gasteiger partial charge on any atom is -0.331 e. The quantitative estimate of drug-likeness (QED) is 0.773. The third-order valence-corrected chi connectivity index (χ3v) is 7.30. The molecule has 0 bridgehead atoms. The molecule has 7 heteroatoms. The molecule has 5 rings (SSSR count). The van der Waals surface area contributed by atoms with Crippen LogP contribution in [0.2, 0.25) is 0 Å². The number of carbonyl (C=O) groups is 2. The summed E-state index contributed by atoms with van der Waals surface area (Å²) in [7, 11) is 0. The molecule has 2 aliphatic heterocycles. The van der Waals surface area contributed by atoms with Crippen LogP contribution in [0.15, 0.2) is 35.0 Å². The predicted molar refractivity (Wildman–Crippen MR) is 118 cm³/mol. The highest BCUT2D eigenvalue weighted by atomic mass is 35.5. The summed E-state index contributed by atoms with van der Waals surface area (Å²) in [4.78, 5) is 27.3. The number of thiophene rings is 1. The standard InChI is InChI=1S/C22H25N3O2S.ClH/c26-20-4-2-16-11-17(1-3-18(16)24-20)21(27)25(13-15-5-10-28-14-15)19-12-22(19)6-8-23-9-7-22;/h1,3,5,10-11,14,19,23H,2,4,6-9,12-13H2,(H,24,26);1H. The Morgan fingerprint density at radius 2 is 2.03 bits per heavy atom. The molecule has 3 heterocycles. The van der Waals surface area contributed by atoms with E-state index in [0.29, 0.717) is 30.8 Å². The van der Waals surface area contributed by atoms with E-state index in [1.54, 1.807) is 11.3 Å². The molecule has 2 amide bonds. The van der Waals surface area contributed by atoms with Crippen molar-refractivity contribution in [1.82, 2.24) is 10.2 Å². The zero-order chi connectivity index (χ0) is 19.1. The summed E-state index contributed by atoms with van der Waals surface area (Å²) in [5, 5.41) is 10.6. The zero-order valence-electron chi connectivity index (χ0n) is 16.3. The second kappa shape index (κ2) is 8.09. The van der Waals surface area contributed by atoms with Crippen LogP contribution < -0.4 is 10.6 Å². The zero-order valence-corrected chi connectivity index (χ0v) is 17.9. The lowest BCUT2D eigenvalue weighted by molar-refractivity contribution is -0.116. The fraction of sp³-hybridized carbons (Fsp3) is 0.455. The molecule has 1 atom stereocenters. The van der Waals surface area contributed by atoms with E-state index in [-0.39, 0.29) is 24.2 Å². The number of hydrogen-bond donors (Lipinski definition) is 2. The third-order valence-electron chi connectivity index (χ3n) is 6.56. The first-order valence-corrected chi connectivity index (χ1v) is 11.0. The van der Waals surface area contributed by atoms with Gasteiger partial charge >= 0.3 is 0 Å². The minimum absolute atomic E-state index is 0. The molecule has 1 aromatic heterocycles. The number of nitrogens with one attached hydrogen (secondary N) is 2. The maximum atomic E-state index is 13.6. The van der Waals surface area contributed by atoms with E-state index in [1.807, 2.05) is 18.2 Å². The van der Waals surface area contributed by atoms with Crippen molar-refractivity contribution in [3.05, 3.63) is 51.7 Å². The van der Waals surface area contributed by atoms with E-state index in [0.717, 1.165) is 49.2 Å². The summed E-state index contributed by atoms with van der Waals surface area (Å²) in [5.74, 6) is 0.169. The van der Waals surface area contributed by atoms with Crippen molar-refractivity contribution in [3.63, 3.8) is 0 Å². The van der Waals surface area contributed by atoms with Crippen molar-refractivity contribution in [2.75, 3.05) is 18.4 Å². The number of benzene rings is 1. The summed E-state index contributed by atoms with van der Waals surface area (Å²) in [6.07, 6.45) is 4.61. The number of hydrogen-bond acceptors (Lipinski definition) is 4. The second-order valence-electron chi connectivity index (χ2n) is 8.32. The molecule has 2 fully saturated rings. The molecule has 1 saturated carbocycles. The maximum absolute atomic E-state index is 13.6. The van der Waals surface area contributed by atoms with E-state index < -0.39 is 0 Å². The van der Waals surface area contributed by atoms with Crippen LogP contribution in [0.25, 0.3) is 0 Å². The van der Waals surface area contributed by atoms with Gasteiger partial charge < -0.3 is 15.5 Å². The number of rotatable bonds is 4. The van der Waals surface area contributed by atoms with Crippen LogP contribution in [0.4, 0.5) is 5.69 Å². The number of carbonyl (C=O) groups excluding carboxylic acids is 2. The average Bonchev–Trinajstić information content (AvgIpc) is 3.14. The van der Waals surface area contributed by atoms with Crippen LogP contribution in [-0.2, 0) is 17.8 Å². The van der Waals surface area contributed by atoms with Gasteiger partial charge in [0, 0.05) is 30.3 Å². The first-order chi connectivity index (χ1) is 13.6. The summed E-state index contributed by atoms with van der Waals surface area (Å²) in [6, 6.07) is 8.18. The smallest absolute Gasteiger partial charge is 0.254 e. The number of aryl methyl sites for hydroxylation is 1. The Morgan fingerprint density at radius 3 is 2.79 bits per heavy atom. The fourth-order valence-electron chi connectivity index (χ4n) is 4.81. The Kier molecular flexibility index (Phi) is 5.69. The van der Waals surface area contributed by atoms with Gasteiger partial charge in [0.25, 0.3) is 5.91 Å². The molecule has 3 aliphatic rings. The molecular weight excluding hydrogens is 406 g/mol. The fourth-order valence-corrected chi connectivity index (χ4v) is 5.47. The van der Waals surface area contributed by atoms with Crippen molar-refractivity contribution in [2.45, 2.75) is 44.7 Å². The number of anilines is 1. The number of fused-ring (bicyclic) bond motifs is 1. The molecule has 2 N–H and O–H groups in total. The summed E-state index contributed by atoms with van der Waals surface area (Å²) < 4.78 is 0. The molecular formula is C22H26ClN3O2S. The Labute approximate surface area is 181 Å². The van der Waals surface area contributed by atoms with Gasteiger partial charge in [0.05, 0.1) is 0 Å².